The fraction of sp³-hybridized carbons (Fsp3) is 0.462. The Morgan fingerprint density at radius 1 is 1.25 bits per heavy atom. The van der Waals surface area contributed by atoms with Crippen LogP contribution in [0.3, 0.4) is 0 Å². The van der Waals surface area contributed by atoms with Crippen LogP contribution < -0.4 is 0 Å². The molecule has 0 fully saturated rings. The van der Waals surface area contributed by atoms with Crippen LogP contribution in [0, 0.1) is 11.3 Å². The van der Waals surface area contributed by atoms with Crippen LogP contribution in [0.4, 0.5) is 8.78 Å². The SMILES string of the molecule is N#CCCC(F)(F)c1ccc2c(c1)CCC2. The first-order chi connectivity index (χ1) is 7.63. The van der Waals surface area contributed by atoms with Crippen molar-refractivity contribution in [2.45, 2.75) is 38.0 Å². The summed E-state index contributed by atoms with van der Waals surface area (Å²) < 4.78 is 27.3. The molecule has 0 atom stereocenters. The Balaban J connectivity index is 2.24. The molecule has 1 aromatic rings. The van der Waals surface area contributed by atoms with Crippen molar-refractivity contribution in [3.63, 3.8) is 0 Å². The van der Waals surface area contributed by atoms with Crippen molar-refractivity contribution in [1.29, 1.82) is 5.26 Å². The second-order valence-corrected chi connectivity index (χ2v) is 4.20. The molecule has 0 bridgehead atoms. The maximum atomic E-state index is 13.7. The minimum absolute atomic E-state index is 0.0587. The standard InChI is InChI=1S/C13H13F2N/c14-13(15,7-2-8-16)12-6-5-10-3-1-4-11(10)9-12/h5-6,9H,1-4,7H2. The number of fused-ring (bicyclic) bond motifs is 1. The molecule has 0 amide bonds. The second kappa shape index (κ2) is 4.21. The van der Waals surface area contributed by atoms with Gasteiger partial charge < -0.3 is 0 Å². The van der Waals surface area contributed by atoms with Crippen molar-refractivity contribution >= 4 is 0 Å². The van der Waals surface area contributed by atoms with E-state index in [0.29, 0.717) is 0 Å². The smallest absolute Gasteiger partial charge is 0.201 e. The number of hydrogen-bond donors (Lipinski definition) is 0. The Hall–Kier alpha value is -1.43. The first kappa shape index (κ1) is 11.1. The average molecular weight is 221 g/mol. The molecule has 0 spiro atoms. The molecule has 16 heavy (non-hydrogen) atoms. The number of benzene rings is 1. The molecule has 0 N–H and O–H groups in total. The Morgan fingerprint density at radius 2 is 2.00 bits per heavy atom. The molecule has 1 aromatic carbocycles. The van der Waals surface area contributed by atoms with E-state index in [9.17, 15) is 8.78 Å². The normalized spacial score (nSPS) is 14.6. The summed E-state index contributed by atoms with van der Waals surface area (Å²) in [4.78, 5) is 0. The lowest BCUT2D eigenvalue weighted by Gasteiger charge is -2.16. The van der Waals surface area contributed by atoms with Gasteiger partial charge in [-0.25, -0.2) is 8.78 Å². The zero-order chi connectivity index (χ0) is 11.6. The Morgan fingerprint density at radius 3 is 2.75 bits per heavy atom. The average Bonchev–Trinajstić information content (AvgIpc) is 2.73. The van der Waals surface area contributed by atoms with E-state index in [1.807, 2.05) is 0 Å². The van der Waals surface area contributed by atoms with Gasteiger partial charge in [0.2, 0.25) is 0 Å². The van der Waals surface area contributed by atoms with Gasteiger partial charge in [-0.3, -0.25) is 0 Å². The van der Waals surface area contributed by atoms with Crippen LogP contribution >= 0.6 is 0 Å². The summed E-state index contributed by atoms with van der Waals surface area (Å²) in [5.41, 5.74) is 2.30. The molecule has 84 valence electrons. The second-order valence-electron chi connectivity index (χ2n) is 4.20. The minimum atomic E-state index is -2.87. The lowest BCUT2D eigenvalue weighted by atomic mass is 9.99. The molecule has 2 rings (SSSR count). The van der Waals surface area contributed by atoms with E-state index in [2.05, 4.69) is 0 Å². The van der Waals surface area contributed by atoms with Gasteiger partial charge in [-0.05, 0) is 36.5 Å². The van der Waals surface area contributed by atoms with E-state index < -0.39 is 5.92 Å². The van der Waals surface area contributed by atoms with Gasteiger partial charge in [-0.15, -0.1) is 0 Å². The molecule has 0 radical (unpaired) electrons. The summed E-state index contributed by atoms with van der Waals surface area (Å²) in [5, 5.41) is 8.35. The number of nitrogens with zero attached hydrogens (tertiary/aromatic N) is 1. The highest BCUT2D eigenvalue weighted by molar-refractivity contribution is 5.37. The monoisotopic (exact) mass is 221 g/mol. The summed E-state index contributed by atoms with van der Waals surface area (Å²) in [7, 11) is 0. The maximum Gasteiger partial charge on any atom is 0.274 e. The molecule has 1 aliphatic carbocycles. The lowest BCUT2D eigenvalue weighted by molar-refractivity contribution is -0.0120. The van der Waals surface area contributed by atoms with Crippen LogP contribution in [0.1, 0.15) is 36.0 Å². The molecule has 1 nitrogen and oxygen atoms in total. The largest absolute Gasteiger partial charge is 0.274 e. The predicted molar refractivity (Wildman–Crippen MR) is 57.2 cm³/mol. The third-order valence-corrected chi connectivity index (χ3v) is 3.07. The van der Waals surface area contributed by atoms with E-state index in [1.165, 1.54) is 11.6 Å². The van der Waals surface area contributed by atoms with E-state index in [4.69, 9.17) is 5.26 Å². The maximum absolute atomic E-state index is 13.7. The molecular weight excluding hydrogens is 208 g/mol. The molecule has 0 saturated heterocycles. The van der Waals surface area contributed by atoms with Crippen LogP contribution in [-0.2, 0) is 18.8 Å². The molecule has 0 aliphatic heterocycles. The van der Waals surface area contributed by atoms with Crippen molar-refractivity contribution in [2.75, 3.05) is 0 Å². The van der Waals surface area contributed by atoms with E-state index in [-0.39, 0.29) is 18.4 Å². The Bertz CT molecular complexity index is 432. The molecule has 0 aromatic heterocycles. The van der Waals surface area contributed by atoms with E-state index in [1.54, 1.807) is 18.2 Å². The third-order valence-electron chi connectivity index (χ3n) is 3.07. The van der Waals surface area contributed by atoms with Gasteiger partial charge in [0.25, 0.3) is 5.92 Å². The van der Waals surface area contributed by atoms with Gasteiger partial charge in [0.05, 0.1) is 6.07 Å². The van der Waals surface area contributed by atoms with Crippen molar-refractivity contribution in [1.82, 2.24) is 0 Å². The quantitative estimate of drug-likeness (QED) is 0.765. The fourth-order valence-electron chi connectivity index (χ4n) is 2.16. The van der Waals surface area contributed by atoms with Gasteiger partial charge in [0, 0.05) is 18.4 Å². The van der Waals surface area contributed by atoms with Crippen molar-refractivity contribution < 1.29 is 8.78 Å². The van der Waals surface area contributed by atoms with Crippen LogP contribution in [0.5, 0.6) is 0 Å². The summed E-state index contributed by atoms with van der Waals surface area (Å²) in [6.45, 7) is 0. The number of halogens is 2. The predicted octanol–water partition coefficient (Wildman–Crippen LogP) is 3.57. The molecule has 0 heterocycles. The third kappa shape index (κ3) is 2.06. The van der Waals surface area contributed by atoms with Crippen LogP contribution in [0.15, 0.2) is 18.2 Å². The topological polar surface area (TPSA) is 23.8 Å². The molecule has 1 aliphatic rings. The highest BCUT2D eigenvalue weighted by Gasteiger charge is 2.31. The van der Waals surface area contributed by atoms with E-state index >= 15 is 0 Å². The summed E-state index contributed by atoms with van der Waals surface area (Å²) >= 11 is 0. The number of rotatable bonds is 3. The molecule has 0 unspecified atom stereocenters. The van der Waals surface area contributed by atoms with Crippen molar-refractivity contribution in [2.24, 2.45) is 0 Å². The summed E-state index contributed by atoms with van der Waals surface area (Å²) in [5.74, 6) is -2.87. The zero-order valence-electron chi connectivity index (χ0n) is 8.97. The van der Waals surface area contributed by atoms with Crippen LogP contribution in [0.25, 0.3) is 0 Å². The van der Waals surface area contributed by atoms with Crippen molar-refractivity contribution in [3.8, 4) is 6.07 Å². The first-order valence-electron chi connectivity index (χ1n) is 5.50. The number of alkyl halides is 2. The lowest BCUT2D eigenvalue weighted by Crippen LogP contribution is -2.13. The van der Waals surface area contributed by atoms with Crippen LogP contribution in [-0.4, -0.2) is 0 Å². The van der Waals surface area contributed by atoms with Crippen LogP contribution in [0.2, 0.25) is 0 Å². The van der Waals surface area contributed by atoms with Gasteiger partial charge in [-0.2, -0.15) is 5.26 Å². The summed E-state index contributed by atoms with van der Waals surface area (Å²) in [6.07, 6.45) is 2.46. The fourth-order valence-corrected chi connectivity index (χ4v) is 2.16. The first-order valence-corrected chi connectivity index (χ1v) is 5.50. The highest BCUT2D eigenvalue weighted by Crippen LogP contribution is 2.35. The van der Waals surface area contributed by atoms with Gasteiger partial charge in [0.1, 0.15) is 0 Å². The zero-order valence-corrected chi connectivity index (χ0v) is 8.97. The van der Waals surface area contributed by atoms with E-state index in [0.717, 1.165) is 24.8 Å². The highest BCUT2D eigenvalue weighted by atomic mass is 19.3. The summed E-state index contributed by atoms with van der Waals surface area (Å²) in [6, 6.07) is 6.68. The molecule has 0 saturated carbocycles. The minimum Gasteiger partial charge on any atom is -0.201 e. The molecule has 3 heteroatoms. The Kier molecular flexibility index (Phi) is 2.91. The van der Waals surface area contributed by atoms with Gasteiger partial charge >= 0.3 is 0 Å². The number of aryl methyl sites for hydroxylation is 2. The Labute approximate surface area is 93.7 Å². The van der Waals surface area contributed by atoms with Gasteiger partial charge in [-0.1, -0.05) is 12.1 Å². The number of hydrogen-bond acceptors (Lipinski definition) is 1. The van der Waals surface area contributed by atoms with Crippen molar-refractivity contribution in [3.05, 3.63) is 34.9 Å². The van der Waals surface area contributed by atoms with Gasteiger partial charge in [0.15, 0.2) is 0 Å². The molecular formula is C13H13F2N. The number of nitriles is 1.